The van der Waals surface area contributed by atoms with Crippen LogP contribution in [-0.4, -0.2) is 59.7 Å². The maximum Gasteiger partial charge on any atom is 0.251 e. The van der Waals surface area contributed by atoms with E-state index in [4.69, 9.17) is 4.74 Å². The van der Waals surface area contributed by atoms with Gasteiger partial charge < -0.3 is 14.5 Å². The summed E-state index contributed by atoms with van der Waals surface area (Å²) in [7, 11) is 0. The summed E-state index contributed by atoms with van der Waals surface area (Å²) >= 11 is 0. The van der Waals surface area contributed by atoms with Crippen LogP contribution in [0.15, 0.2) is 6.33 Å². The fourth-order valence-electron chi connectivity index (χ4n) is 3.12. The number of amides is 1. The van der Waals surface area contributed by atoms with Gasteiger partial charge >= 0.3 is 0 Å². The van der Waals surface area contributed by atoms with Crippen molar-refractivity contribution in [2.75, 3.05) is 37.7 Å². The summed E-state index contributed by atoms with van der Waals surface area (Å²) in [5, 5.41) is 0. The van der Waals surface area contributed by atoms with Gasteiger partial charge in [-0.1, -0.05) is 0 Å². The third-order valence-corrected chi connectivity index (χ3v) is 4.66. The number of carbonyl (C=O) groups is 1. The van der Waals surface area contributed by atoms with Crippen LogP contribution >= 0.6 is 0 Å². The Morgan fingerprint density at radius 2 is 1.95 bits per heavy atom. The summed E-state index contributed by atoms with van der Waals surface area (Å²) < 4.78 is 5.61. The first-order chi connectivity index (χ1) is 10.7. The minimum Gasteiger partial charge on any atom is -0.368 e. The third kappa shape index (κ3) is 3.06. The summed E-state index contributed by atoms with van der Waals surface area (Å²) in [4.78, 5) is 25.3. The molecule has 2 aliphatic heterocycles. The molecular formula is C16H24N4O2. The second-order valence-electron chi connectivity index (χ2n) is 6.08. The van der Waals surface area contributed by atoms with Crippen molar-refractivity contribution in [2.45, 2.75) is 39.2 Å². The molecular weight excluding hydrogens is 280 g/mol. The monoisotopic (exact) mass is 304 g/mol. The summed E-state index contributed by atoms with van der Waals surface area (Å²) in [6.45, 7) is 7.88. The predicted octanol–water partition coefficient (Wildman–Crippen LogP) is 1.31. The molecule has 2 aliphatic rings. The van der Waals surface area contributed by atoms with Gasteiger partial charge in [-0.2, -0.15) is 0 Å². The van der Waals surface area contributed by atoms with Gasteiger partial charge in [0.25, 0.3) is 5.91 Å². The average molecular weight is 304 g/mol. The summed E-state index contributed by atoms with van der Waals surface area (Å²) in [5.41, 5.74) is 2.14. The van der Waals surface area contributed by atoms with Crippen molar-refractivity contribution in [2.24, 2.45) is 0 Å². The zero-order valence-electron chi connectivity index (χ0n) is 13.4. The molecule has 0 aromatic carbocycles. The van der Waals surface area contributed by atoms with Crippen LogP contribution in [-0.2, 0) is 9.53 Å². The number of carbonyl (C=O) groups excluding carboxylic acids is 1. The van der Waals surface area contributed by atoms with Gasteiger partial charge in [0.15, 0.2) is 0 Å². The van der Waals surface area contributed by atoms with Crippen LogP contribution in [0.5, 0.6) is 0 Å². The van der Waals surface area contributed by atoms with Crippen molar-refractivity contribution in [1.29, 1.82) is 0 Å². The van der Waals surface area contributed by atoms with Crippen molar-refractivity contribution in [3.05, 3.63) is 17.6 Å². The van der Waals surface area contributed by atoms with Gasteiger partial charge in [-0.05, 0) is 33.1 Å². The molecule has 1 aromatic rings. The number of piperazine rings is 1. The first kappa shape index (κ1) is 15.2. The maximum atomic E-state index is 12.5. The molecule has 3 heterocycles. The Kier molecular flexibility index (Phi) is 4.57. The number of ether oxygens (including phenoxy) is 1. The minimum atomic E-state index is -0.219. The molecule has 22 heavy (non-hydrogen) atoms. The van der Waals surface area contributed by atoms with Crippen molar-refractivity contribution in [3.8, 4) is 0 Å². The highest BCUT2D eigenvalue weighted by Gasteiger charge is 2.29. The quantitative estimate of drug-likeness (QED) is 0.824. The maximum absolute atomic E-state index is 12.5. The smallest absolute Gasteiger partial charge is 0.251 e. The summed E-state index contributed by atoms with van der Waals surface area (Å²) in [6.07, 6.45) is 4.43. The standard InChI is InChI=1S/C16H24N4O2/c1-12-13(2)17-11-18-15(12)19-6-8-20(9-7-19)16(21)14-5-3-4-10-22-14/h11,14H,3-10H2,1-2H3/t14-/m1/s1. The van der Waals surface area contributed by atoms with Gasteiger partial charge in [-0.25, -0.2) is 9.97 Å². The van der Waals surface area contributed by atoms with Crippen molar-refractivity contribution < 1.29 is 9.53 Å². The van der Waals surface area contributed by atoms with E-state index in [2.05, 4.69) is 21.8 Å². The lowest BCUT2D eigenvalue weighted by molar-refractivity contribution is -0.146. The molecule has 0 unspecified atom stereocenters. The highest BCUT2D eigenvalue weighted by molar-refractivity contribution is 5.81. The molecule has 6 heteroatoms. The van der Waals surface area contributed by atoms with E-state index < -0.39 is 0 Å². The molecule has 2 saturated heterocycles. The van der Waals surface area contributed by atoms with Crippen LogP contribution in [0.1, 0.15) is 30.5 Å². The molecule has 0 radical (unpaired) electrons. The lowest BCUT2D eigenvalue weighted by Crippen LogP contribution is -2.52. The highest BCUT2D eigenvalue weighted by atomic mass is 16.5. The van der Waals surface area contributed by atoms with E-state index in [9.17, 15) is 4.79 Å². The number of anilines is 1. The Labute approximate surface area is 131 Å². The predicted molar refractivity (Wildman–Crippen MR) is 83.9 cm³/mol. The molecule has 1 atom stereocenters. The van der Waals surface area contributed by atoms with Crippen LogP contribution in [0.2, 0.25) is 0 Å². The van der Waals surface area contributed by atoms with Crippen molar-refractivity contribution >= 4 is 11.7 Å². The van der Waals surface area contributed by atoms with Crippen LogP contribution < -0.4 is 4.90 Å². The zero-order chi connectivity index (χ0) is 15.5. The Morgan fingerprint density at radius 1 is 1.18 bits per heavy atom. The largest absolute Gasteiger partial charge is 0.368 e. The highest BCUT2D eigenvalue weighted by Crippen LogP contribution is 2.21. The van der Waals surface area contributed by atoms with E-state index in [-0.39, 0.29) is 12.0 Å². The fraction of sp³-hybridized carbons (Fsp3) is 0.688. The van der Waals surface area contributed by atoms with Crippen molar-refractivity contribution in [3.63, 3.8) is 0 Å². The van der Waals surface area contributed by atoms with Crippen LogP contribution in [0.3, 0.4) is 0 Å². The zero-order valence-corrected chi connectivity index (χ0v) is 13.4. The number of nitrogens with zero attached hydrogens (tertiary/aromatic N) is 4. The van der Waals surface area contributed by atoms with Gasteiger partial charge in [0, 0.05) is 44.0 Å². The third-order valence-electron chi connectivity index (χ3n) is 4.66. The molecule has 6 nitrogen and oxygen atoms in total. The Bertz CT molecular complexity index is 535. The Hall–Kier alpha value is -1.69. The first-order valence-corrected chi connectivity index (χ1v) is 8.10. The number of aryl methyl sites for hydroxylation is 1. The first-order valence-electron chi connectivity index (χ1n) is 8.10. The lowest BCUT2D eigenvalue weighted by atomic mass is 10.1. The summed E-state index contributed by atoms with van der Waals surface area (Å²) in [5.74, 6) is 1.16. The van der Waals surface area contributed by atoms with Crippen molar-refractivity contribution in [1.82, 2.24) is 14.9 Å². The topological polar surface area (TPSA) is 58.6 Å². The molecule has 0 bridgehead atoms. The van der Waals surface area contributed by atoms with E-state index in [0.717, 1.165) is 69.1 Å². The summed E-state index contributed by atoms with van der Waals surface area (Å²) in [6, 6.07) is 0. The van der Waals surface area contributed by atoms with Gasteiger partial charge in [0.1, 0.15) is 18.2 Å². The average Bonchev–Trinajstić information content (AvgIpc) is 2.58. The molecule has 1 aromatic heterocycles. The second kappa shape index (κ2) is 6.60. The normalized spacial score (nSPS) is 22.7. The van der Waals surface area contributed by atoms with E-state index in [1.807, 2.05) is 11.8 Å². The SMILES string of the molecule is Cc1ncnc(N2CCN(C(=O)[C@H]3CCCCO3)CC2)c1C. The molecule has 0 saturated carbocycles. The molecule has 0 N–H and O–H groups in total. The van der Waals surface area contributed by atoms with Crippen LogP contribution in [0.25, 0.3) is 0 Å². The minimum absolute atomic E-state index is 0.162. The molecule has 1 amide bonds. The molecule has 0 spiro atoms. The van der Waals surface area contributed by atoms with E-state index in [1.54, 1.807) is 6.33 Å². The van der Waals surface area contributed by atoms with E-state index in [1.165, 1.54) is 0 Å². The number of hydrogen-bond acceptors (Lipinski definition) is 5. The van der Waals surface area contributed by atoms with Gasteiger partial charge in [0.2, 0.25) is 0 Å². The Balaban J connectivity index is 1.60. The second-order valence-corrected chi connectivity index (χ2v) is 6.08. The van der Waals surface area contributed by atoms with Crippen LogP contribution in [0, 0.1) is 13.8 Å². The van der Waals surface area contributed by atoms with Gasteiger partial charge in [0.05, 0.1) is 0 Å². The van der Waals surface area contributed by atoms with Gasteiger partial charge in [-0.3, -0.25) is 4.79 Å². The molecule has 2 fully saturated rings. The van der Waals surface area contributed by atoms with E-state index >= 15 is 0 Å². The lowest BCUT2D eigenvalue weighted by Gasteiger charge is -2.38. The Morgan fingerprint density at radius 3 is 2.64 bits per heavy atom. The fourth-order valence-corrected chi connectivity index (χ4v) is 3.12. The molecule has 3 rings (SSSR count). The number of rotatable bonds is 2. The van der Waals surface area contributed by atoms with Crippen LogP contribution in [0.4, 0.5) is 5.82 Å². The number of aromatic nitrogens is 2. The number of hydrogen-bond donors (Lipinski definition) is 0. The van der Waals surface area contributed by atoms with E-state index in [0.29, 0.717) is 0 Å². The van der Waals surface area contributed by atoms with Gasteiger partial charge in [-0.15, -0.1) is 0 Å². The molecule has 120 valence electrons. The molecule has 0 aliphatic carbocycles.